The number of halogens is 1. The number of rotatable bonds is 6. The molecule has 0 aliphatic heterocycles. The number of hydrogen-bond donors (Lipinski definition) is 1. The van der Waals surface area contributed by atoms with Crippen LogP contribution in [-0.4, -0.2) is 36.7 Å². The van der Waals surface area contributed by atoms with E-state index in [4.69, 9.17) is 5.11 Å². The number of hydrogen-bond acceptors (Lipinski definition) is 3. The van der Waals surface area contributed by atoms with Gasteiger partial charge in [0.25, 0.3) is 0 Å². The van der Waals surface area contributed by atoms with E-state index in [-0.39, 0.29) is 0 Å². The smallest absolute Gasteiger partial charge is 0.328 e. The lowest BCUT2D eigenvalue weighted by molar-refractivity contribution is -0.131. The highest BCUT2D eigenvalue weighted by molar-refractivity contribution is 9.10. The molecule has 0 saturated carbocycles. The van der Waals surface area contributed by atoms with Gasteiger partial charge in [-0.1, -0.05) is 6.07 Å². The zero-order valence-electron chi connectivity index (χ0n) is 10.4. The van der Waals surface area contributed by atoms with Gasteiger partial charge in [0.2, 0.25) is 0 Å². The van der Waals surface area contributed by atoms with Crippen LogP contribution in [0.15, 0.2) is 28.7 Å². The average molecular weight is 330 g/mol. The number of carboxylic acids is 1. The van der Waals surface area contributed by atoms with Gasteiger partial charge < -0.3 is 10.0 Å². The third-order valence-electron chi connectivity index (χ3n) is 2.43. The quantitative estimate of drug-likeness (QED) is 0.812. The van der Waals surface area contributed by atoms with Gasteiger partial charge in [0.05, 0.1) is 5.69 Å². The van der Waals surface area contributed by atoms with Gasteiger partial charge in [-0.15, -0.1) is 0 Å². The van der Waals surface area contributed by atoms with Crippen molar-refractivity contribution < 1.29 is 9.90 Å². The molecule has 0 aliphatic rings. The summed E-state index contributed by atoms with van der Waals surface area (Å²) < 4.78 is 0.971. The van der Waals surface area contributed by atoms with Gasteiger partial charge in [-0.3, -0.25) is 0 Å². The Balaban J connectivity index is 2.82. The van der Waals surface area contributed by atoms with E-state index in [2.05, 4.69) is 27.1 Å². The molecule has 0 amide bonds. The number of benzene rings is 1. The van der Waals surface area contributed by atoms with E-state index in [1.807, 2.05) is 37.0 Å². The van der Waals surface area contributed by atoms with E-state index in [0.717, 1.165) is 34.1 Å². The molecule has 0 unspecified atom stereocenters. The van der Waals surface area contributed by atoms with Crippen LogP contribution < -0.4 is 4.90 Å². The molecule has 18 heavy (non-hydrogen) atoms. The summed E-state index contributed by atoms with van der Waals surface area (Å²) in [5.74, 6) is 0.135. The predicted molar refractivity (Wildman–Crippen MR) is 82.5 cm³/mol. The summed E-state index contributed by atoms with van der Waals surface area (Å²) in [5.41, 5.74) is 1.97. The summed E-state index contributed by atoms with van der Waals surface area (Å²) in [5, 5.41) is 8.57. The van der Waals surface area contributed by atoms with Crippen molar-refractivity contribution in [2.45, 2.75) is 0 Å². The maximum atomic E-state index is 10.4. The lowest BCUT2D eigenvalue weighted by Gasteiger charge is -2.20. The molecule has 1 aromatic carbocycles. The number of carboxylic acid groups (broad SMARTS) is 1. The zero-order valence-corrected chi connectivity index (χ0v) is 12.8. The number of anilines is 1. The second-order valence-corrected chi connectivity index (χ2v) is 5.64. The van der Waals surface area contributed by atoms with Gasteiger partial charge in [0, 0.05) is 29.9 Å². The van der Waals surface area contributed by atoms with Gasteiger partial charge >= 0.3 is 5.97 Å². The van der Waals surface area contributed by atoms with Gasteiger partial charge in [-0.2, -0.15) is 11.8 Å². The molecule has 0 fully saturated rings. The van der Waals surface area contributed by atoms with E-state index in [1.165, 1.54) is 0 Å². The summed E-state index contributed by atoms with van der Waals surface area (Å²) in [4.78, 5) is 12.6. The largest absolute Gasteiger partial charge is 0.478 e. The molecule has 5 heteroatoms. The number of nitrogens with zero attached hydrogens (tertiary/aromatic N) is 1. The Morgan fingerprint density at radius 3 is 2.83 bits per heavy atom. The maximum absolute atomic E-state index is 10.4. The number of aliphatic carboxylic acids is 1. The van der Waals surface area contributed by atoms with E-state index in [1.54, 1.807) is 6.08 Å². The monoisotopic (exact) mass is 329 g/mol. The SMILES string of the molecule is CSCCN(C)c1ccc(/C=C/C(=O)O)cc1Br. The highest BCUT2D eigenvalue weighted by atomic mass is 79.9. The first-order valence-corrected chi connectivity index (χ1v) is 7.64. The molecular weight excluding hydrogens is 314 g/mol. The molecule has 0 atom stereocenters. The van der Waals surface area contributed by atoms with Gasteiger partial charge in [0.1, 0.15) is 0 Å². The Hall–Kier alpha value is -0.940. The van der Waals surface area contributed by atoms with E-state index >= 15 is 0 Å². The van der Waals surface area contributed by atoms with Crippen molar-refractivity contribution in [2.75, 3.05) is 30.5 Å². The van der Waals surface area contributed by atoms with Gasteiger partial charge in [-0.25, -0.2) is 4.79 Å². The Labute approximate surface area is 120 Å². The molecule has 0 heterocycles. The molecule has 0 aliphatic carbocycles. The molecule has 0 saturated heterocycles. The minimum atomic E-state index is -0.938. The Kier molecular flexibility index (Phi) is 6.29. The molecule has 1 rings (SSSR count). The maximum Gasteiger partial charge on any atom is 0.328 e. The Bertz CT molecular complexity index is 449. The summed E-state index contributed by atoms with van der Waals surface area (Å²) in [7, 11) is 2.04. The molecular formula is C13H16BrNO2S. The number of thioether (sulfide) groups is 1. The third kappa shape index (κ3) is 4.74. The fourth-order valence-electron chi connectivity index (χ4n) is 1.45. The first-order chi connectivity index (χ1) is 8.54. The standard InChI is InChI=1S/C13H16BrNO2S/c1-15(7-8-18-2)12-5-3-10(9-11(12)14)4-6-13(16)17/h3-6,9H,7-8H2,1-2H3,(H,16,17)/b6-4+. The average Bonchev–Trinajstić information content (AvgIpc) is 2.33. The van der Waals surface area contributed by atoms with Crippen molar-refractivity contribution in [1.29, 1.82) is 0 Å². The van der Waals surface area contributed by atoms with Crippen LogP contribution in [0.1, 0.15) is 5.56 Å². The topological polar surface area (TPSA) is 40.5 Å². The van der Waals surface area contributed by atoms with Gasteiger partial charge in [0.15, 0.2) is 0 Å². The molecule has 0 bridgehead atoms. The summed E-state index contributed by atoms with van der Waals surface area (Å²) in [6, 6.07) is 5.82. The van der Waals surface area contributed by atoms with Crippen LogP contribution in [0.5, 0.6) is 0 Å². The third-order valence-corrected chi connectivity index (χ3v) is 3.66. The molecule has 3 nitrogen and oxygen atoms in total. The van der Waals surface area contributed by atoms with Crippen molar-refractivity contribution in [3.8, 4) is 0 Å². The van der Waals surface area contributed by atoms with E-state index < -0.39 is 5.97 Å². The summed E-state index contributed by atoms with van der Waals surface area (Å²) in [6.45, 7) is 0.976. The summed E-state index contributed by atoms with van der Waals surface area (Å²) in [6.07, 6.45) is 4.81. The zero-order chi connectivity index (χ0) is 13.5. The van der Waals surface area contributed by atoms with Crippen molar-refractivity contribution in [1.82, 2.24) is 0 Å². The minimum absolute atomic E-state index is 0.867. The van der Waals surface area contributed by atoms with Crippen LogP contribution >= 0.6 is 27.7 Å². The predicted octanol–water partition coefficient (Wildman–Crippen LogP) is 3.35. The molecule has 98 valence electrons. The van der Waals surface area contributed by atoms with Crippen LogP contribution in [0.25, 0.3) is 6.08 Å². The highest BCUT2D eigenvalue weighted by Gasteiger charge is 2.05. The highest BCUT2D eigenvalue weighted by Crippen LogP contribution is 2.27. The fourth-order valence-corrected chi connectivity index (χ4v) is 2.61. The molecule has 0 spiro atoms. The van der Waals surface area contributed by atoms with Crippen LogP contribution in [0.3, 0.4) is 0 Å². The van der Waals surface area contributed by atoms with E-state index in [9.17, 15) is 4.79 Å². The fraction of sp³-hybridized carbons (Fsp3) is 0.308. The van der Waals surface area contributed by atoms with Crippen molar-refractivity contribution in [3.05, 3.63) is 34.3 Å². The summed E-state index contributed by atoms with van der Waals surface area (Å²) >= 11 is 5.33. The van der Waals surface area contributed by atoms with Crippen LogP contribution in [0.2, 0.25) is 0 Å². The molecule has 1 N–H and O–H groups in total. The van der Waals surface area contributed by atoms with Crippen LogP contribution in [-0.2, 0) is 4.79 Å². The molecule has 0 radical (unpaired) electrons. The number of carbonyl (C=O) groups is 1. The van der Waals surface area contributed by atoms with E-state index in [0.29, 0.717) is 0 Å². The van der Waals surface area contributed by atoms with Gasteiger partial charge in [-0.05, 0) is 46.0 Å². The van der Waals surface area contributed by atoms with Crippen LogP contribution in [0, 0.1) is 0 Å². The van der Waals surface area contributed by atoms with Crippen molar-refractivity contribution in [3.63, 3.8) is 0 Å². The Morgan fingerprint density at radius 2 is 2.28 bits per heavy atom. The first kappa shape index (κ1) is 15.1. The van der Waals surface area contributed by atoms with Crippen LogP contribution in [0.4, 0.5) is 5.69 Å². The second kappa shape index (κ2) is 7.48. The lowest BCUT2D eigenvalue weighted by Crippen LogP contribution is -2.20. The van der Waals surface area contributed by atoms with Crippen molar-refractivity contribution >= 4 is 45.4 Å². The first-order valence-electron chi connectivity index (χ1n) is 5.45. The molecule has 0 aromatic heterocycles. The second-order valence-electron chi connectivity index (χ2n) is 3.80. The molecule has 1 aromatic rings. The Morgan fingerprint density at radius 1 is 1.56 bits per heavy atom. The van der Waals surface area contributed by atoms with Crippen molar-refractivity contribution in [2.24, 2.45) is 0 Å². The lowest BCUT2D eigenvalue weighted by atomic mass is 10.2. The normalized spacial score (nSPS) is 10.8. The minimum Gasteiger partial charge on any atom is -0.478 e.